The van der Waals surface area contributed by atoms with E-state index >= 15 is 4.39 Å². The number of amides is 1. The summed E-state index contributed by atoms with van der Waals surface area (Å²) in [5, 5.41) is 15.0. The number of ether oxygens (including phenoxy) is 5. The van der Waals surface area contributed by atoms with Crippen LogP contribution in [0.4, 0.5) is 14.6 Å². The minimum atomic E-state index is -0.669. The van der Waals surface area contributed by atoms with Crippen LogP contribution >= 0.6 is 11.6 Å². The fourth-order valence-corrected chi connectivity index (χ4v) is 11.9. The Morgan fingerprint density at radius 2 is 1.67 bits per heavy atom. The molecule has 432 valence electrons. The molecule has 0 spiro atoms. The highest BCUT2D eigenvalue weighted by Crippen LogP contribution is 2.38. The molecule has 21 heteroatoms. The monoisotopic (exact) mass is 1140 g/mol. The number of carbonyl (C=O) groups is 1. The molecule has 82 heavy (non-hydrogen) atoms. The Morgan fingerprint density at radius 1 is 0.890 bits per heavy atom. The molecular weight excluding hydrogens is 1070 g/mol. The number of fused-ring (bicyclic) bond motifs is 4. The van der Waals surface area contributed by atoms with Gasteiger partial charge < -0.3 is 54.6 Å². The summed E-state index contributed by atoms with van der Waals surface area (Å²) in [6.45, 7) is 10.5. The number of terminal acetylenes is 1. The van der Waals surface area contributed by atoms with Crippen LogP contribution in [0.5, 0.6) is 17.8 Å². The molecule has 0 radical (unpaired) electrons. The molecule has 5 N–H and O–H groups in total. The SMILES string of the molecule is C#Cc1c(F)ccc2cccc(-c3ncc4c(N5CC(C)CCC(N)C5)nc(OCCN5CCN(CCCCCCCCC(=O)NCCOc6ccc(-c7nc8nc(O[C@@H]9CO[C@H]%10[C@@H]9OC[C@H]%10O)[nH]c8cc7Cl)cc6)CC5)nc4c3F)c12. The molecule has 4 aromatic heterocycles. The predicted molar refractivity (Wildman–Crippen MR) is 310 cm³/mol. The van der Waals surface area contributed by atoms with E-state index in [0.717, 1.165) is 89.7 Å². The fourth-order valence-electron chi connectivity index (χ4n) is 11.6. The molecule has 3 aromatic carbocycles. The molecule has 4 fully saturated rings. The number of anilines is 1. The Balaban J connectivity index is 0.570. The second-order valence-electron chi connectivity index (χ2n) is 22.0. The van der Waals surface area contributed by atoms with E-state index in [1.165, 1.54) is 6.07 Å². The van der Waals surface area contributed by atoms with Crippen LogP contribution in [-0.2, 0) is 14.3 Å². The van der Waals surface area contributed by atoms with Gasteiger partial charge in [-0.2, -0.15) is 15.0 Å². The molecule has 18 nitrogen and oxygen atoms in total. The van der Waals surface area contributed by atoms with Crippen LogP contribution in [0.15, 0.2) is 66.9 Å². The van der Waals surface area contributed by atoms with Crippen molar-refractivity contribution in [2.24, 2.45) is 11.7 Å². The third-order valence-electron chi connectivity index (χ3n) is 16.1. The van der Waals surface area contributed by atoms with Crippen LogP contribution in [0, 0.1) is 29.9 Å². The van der Waals surface area contributed by atoms with Gasteiger partial charge in [-0.05, 0) is 79.9 Å². The number of aliphatic hydroxyl groups is 1. The molecule has 0 saturated carbocycles. The minimum absolute atomic E-state index is 0.0150. The van der Waals surface area contributed by atoms with Gasteiger partial charge in [0.2, 0.25) is 5.91 Å². The summed E-state index contributed by atoms with van der Waals surface area (Å²) in [6.07, 6.45) is 14.3. The molecule has 0 aliphatic carbocycles. The average molecular weight is 1140 g/mol. The number of nitrogens with two attached hydrogens (primary N) is 1. The van der Waals surface area contributed by atoms with Gasteiger partial charge in [0.1, 0.15) is 60.1 Å². The highest BCUT2D eigenvalue weighted by molar-refractivity contribution is 6.33. The Labute approximate surface area is 480 Å². The topological polar surface area (TPSA) is 211 Å². The van der Waals surface area contributed by atoms with Gasteiger partial charge >= 0.3 is 6.01 Å². The van der Waals surface area contributed by atoms with Gasteiger partial charge in [-0.1, -0.05) is 74.4 Å². The summed E-state index contributed by atoms with van der Waals surface area (Å²) in [5.41, 5.74) is 9.47. The van der Waals surface area contributed by atoms with E-state index in [2.05, 4.69) is 57.8 Å². The maximum atomic E-state index is 17.0. The van der Waals surface area contributed by atoms with Gasteiger partial charge in [-0.15, -0.1) is 6.42 Å². The molecule has 4 saturated heterocycles. The summed E-state index contributed by atoms with van der Waals surface area (Å²) < 4.78 is 61.5. The van der Waals surface area contributed by atoms with Crippen LogP contribution in [0.3, 0.4) is 0 Å². The maximum absolute atomic E-state index is 17.0. The molecule has 7 aromatic rings. The average Bonchev–Trinajstić information content (AvgIpc) is 2.96. The number of nitrogens with one attached hydrogen (secondary N) is 2. The Morgan fingerprint density at radius 3 is 2.49 bits per heavy atom. The van der Waals surface area contributed by atoms with Crippen LogP contribution in [-0.4, -0.2) is 167 Å². The third kappa shape index (κ3) is 13.2. The minimum Gasteiger partial charge on any atom is -0.492 e. The van der Waals surface area contributed by atoms with Crippen molar-refractivity contribution in [3.63, 3.8) is 0 Å². The van der Waals surface area contributed by atoms with E-state index < -0.39 is 29.9 Å². The molecule has 4 aliphatic rings. The molecule has 0 bridgehead atoms. The van der Waals surface area contributed by atoms with Gasteiger partial charge in [0.05, 0.1) is 46.9 Å². The molecule has 6 atom stereocenters. The number of aliphatic hydroxyl groups excluding tert-OH is 1. The first-order valence-electron chi connectivity index (χ1n) is 28.7. The standard InChI is InChI=1S/C61H70ClF2N11O7/c1-3-42-46(63)21-17-38-11-10-12-43(51(38)42)54-52(64)55-44(32-67-54)59(75-33-37(2)14-18-40(65)34-75)72-60(70-55)79-30-28-74-26-24-73(25-27-74)23-9-7-5-4-6-8-13-50(77)66-22-29-78-41-19-15-39(16-20-41)53-45(62)31-47-58(69-53)71-61(68-47)82-49-36-81-56-48(76)35-80-57(49)56/h1,10-12,15-17,19-21,31-32,37,40,48-49,56-57,76H,4-9,13-14,18,22-30,33-36,65H2,2H3,(H,66,77)(H,68,69,71)/t37?,40?,48-,49-,56-,57-/m1/s1. The summed E-state index contributed by atoms with van der Waals surface area (Å²) in [5.74, 6) is 2.79. The maximum Gasteiger partial charge on any atom is 0.319 e. The number of imidazole rings is 1. The van der Waals surface area contributed by atoms with E-state index in [-0.39, 0.29) is 60.1 Å². The van der Waals surface area contributed by atoms with Crippen molar-refractivity contribution in [1.82, 2.24) is 45.0 Å². The van der Waals surface area contributed by atoms with E-state index in [4.69, 9.17) is 52.4 Å². The molecular formula is C61H70ClF2N11O7. The summed E-state index contributed by atoms with van der Waals surface area (Å²) >= 11 is 6.65. The third-order valence-corrected chi connectivity index (χ3v) is 16.3. The number of benzene rings is 3. The number of H-pyrrole nitrogens is 1. The number of piperazine rings is 1. The number of halogens is 3. The second-order valence-corrected chi connectivity index (χ2v) is 22.4. The quantitative estimate of drug-likeness (QED) is 0.0373. The van der Waals surface area contributed by atoms with Gasteiger partial charge in [0.15, 0.2) is 17.6 Å². The fraction of sp³-hybridized carbons (Fsp3) is 0.475. The number of nitrogens with zero attached hydrogens (tertiary/aromatic N) is 8. The van der Waals surface area contributed by atoms with Gasteiger partial charge in [0.25, 0.3) is 6.01 Å². The number of pyridine rings is 2. The van der Waals surface area contributed by atoms with Gasteiger partial charge in [-0.25, -0.2) is 13.8 Å². The number of aromatic nitrogens is 6. The van der Waals surface area contributed by atoms with Crippen LogP contribution in [0.25, 0.3) is 55.4 Å². The first-order chi connectivity index (χ1) is 40.0. The first-order valence-corrected chi connectivity index (χ1v) is 29.1. The highest BCUT2D eigenvalue weighted by Gasteiger charge is 2.48. The second kappa shape index (κ2) is 26.2. The number of unbranched alkanes of at least 4 members (excludes halogenated alkanes) is 5. The summed E-state index contributed by atoms with van der Waals surface area (Å²) in [4.78, 5) is 46.0. The van der Waals surface area contributed by atoms with Crippen molar-refractivity contribution in [3.8, 4) is 52.6 Å². The number of aromatic amines is 1. The normalized spacial score (nSPS) is 21.5. The lowest BCUT2D eigenvalue weighted by molar-refractivity contribution is -0.121. The van der Waals surface area contributed by atoms with E-state index in [1.54, 1.807) is 30.5 Å². The van der Waals surface area contributed by atoms with Crippen molar-refractivity contribution in [2.45, 2.75) is 95.2 Å². The number of rotatable bonds is 22. The molecule has 2 unspecified atom stereocenters. The lowest BCUT2D eigenvalue weighted by Gasteiger charge is -2.34. The van der Waals surface area contributed by atoms with E-state index in [1.807, 2.05) is 30.3 Å². The molecule has 8 heterocycles. The van der Waals surface area contributed by atoms with Gasteiger partial charge in [0, 0.05) is 81.0 Å². The summed E-state index contributed by atoms with van der Waals surface area (Å²) in [7, 11) is 0. The Hall–Kier alpha value is -6.83. The summed E-state index contributed by atoms with van der Waals surface area (Å²) in [6, 6.07) is 17.7. The van der Waals surface area contributed by atoms with Crippen LogP contribution in [0.1, 0.15) is 70.3 Å². The van der Waals surface area contributed by atoms with Crippen molar-refractivity contribution in [1.29, 1.82) is 0 Å². The number of hydrogen-bond donors (Lipinski definition) is 4. The van der Waals surface area contributed by atoms with E-state index in [0.29, 0.717) is 107 Å². The van der Waals surface area contributed by atoms with Crippen LogP contribution < -0.4 is 30.2 Å². The predicted octanol–water partition coefficient (Wildman–Crippen LogP) is 8.09. The lowest BCUT2D eigenvalue weighted by atomic mass is 9.96. The first kappa shape index (κ1) is 57.0. The molecule has 4 aliphatic heterocycles. The Kier molecular flexibility index (Phi) is 18.2. The highest BCUT2D eigenvalue weighted by atomic mass is 35.5. The smallest absolute Gasteiger partial charge is 0.319 e. The number of hydrogen-bond acceptors (Lipinski definition) is 16. The van der Waals surface area contributed by atoms with Crippen molar-refractivity contribution in [3.05, 3.63) is 89.1 Å². The zero-order valence-electron chi connectivity index (χ0n) is 46.1. The van der Waals surface area contributed by atoms with Crippen molar-refractivity contribution in [2.75, 3.05) is 90.2 Å². The zero-order chi connectivity index (χ0) is 56.7. The molecule has 11 rings (SSSR count). The van der Waals surface area contributed by atoms with E-state index in [9.17, 15) is 14.3 Å². The number of carbonyl (C=O) groups excluding carboxylic acids is 1. The Bertz CT molecular complexity index is 3400. The van der Waals surface area contributed by atoms with Crippen LogP contribution in [0.2, 0.25) is 5.02 Å². The molecule has 1 amide bonds. The van der Waals surface area contributed by atoms with Gasteiger partial charge in [-0.3, -0.25) is 14.7 Å². The van der Waals surface area contributed by atoms with Crippen molar-refractivity contribution >= 4 is 56.2 Å². The van der Waals surface area contributed by atoms with Crippen molar-refractivity contribution < 1.29 is 42.4 Å². The largest absolute Gasteiger partial charge is 0.492 e. The lowest BCUT2D eigenvalue weighted by Crippen LogP contribution is -2.47. The zero-order valence-corrected chi connectivity index (χ0v) is 46.9.